The van der Waals surface area contributed by atoms with E-state index in [2.05, 4.69) is 4.90 Å². The number of nitrogens with zero attached hydrogens (tertiary/aromatic N) is 2. The van der Waals surface area contributed by atoms with E-state index < -0.39 is 0 Å². The minimum atomic E-state index is -0.380. The number of fused-ring (bicyclic) bond motifs is 1. The highest BCUT2D eigenvalue weighted by Gasteiger charge is 2.33. The van der Waals surface area contributed by atoms with E-state index in [9.17, 15) is 14.9 Å². The van der Waals surface area contributed by atoms with Gasteiger partial charge in [0.2, 0.25) is 0 Å². The third-order valence-corrected chi connectivity index (χ3v) is 4.96. The topological polar surface area (TPSA) is 63.5 Å². The van der Waals surface area contributed by atoms with Crippen LogP contribution in [0.2, 0.25) is 0 Å². The second-order valence-electron chi connectivity index (χ2n) is 6.16. The lowest BCUT2D eigenvalue weighted by Crippen LogP contribution is -2.42. The molecule has 0 amide bonds. The molecule has 0 aromatic heterocycles. The monoisotopic (exact) mass is 288 g/mol. The van der Waals surface area contributed by atoms with Gasteiger partial charge in [0, 0.05) is 24.7 Å². The predicted molar refractivity (Wildman–Crippen MR) is 80.8 cm³/mol. The van der Waals surface area contributed by atoms with Crippen LogP contribution in [0.1, 0.15) is 42.5 Å². The number of carbonyl (C=O) groups excluding carboxylic acids is 1. The molecule has 1 saturated heterocycles. The average molecular weight is 288 g/mol. The first-order valence-electron chi connectivity index (χ1n) is 7.67. The van der Waals surface area contributed by atoms with Crippen molar-refractivity contribution >= 4 is 17.7 Å². The van der Waals surface area contributed by atoms with E-state index in [1.165, 1.54) is 31.7 Å². The summed E-state index contributed by atoms with van der Waals surface area (Å²) in [5, 5.41) is 11.3. The molecule has 3 rings (SSSR count). The summed E-state index contributed by atoms with van der Waals surface area (Å²) >= 11 is 0. The predicted octanol–water partition coefficient (Wildman–Crippen LogP) is 3.42. The minimum absolute atomic E-state index is 0.0499. The summed E-state index contributed by atoms with van der Waals surface area (Å²) in [6.45, 7) is 1.79. The Kier molecular flexibility index (Phi) is 3.90. The van der Waals surface area contributed by atoms with Crippen molar-refractivity contribution in [3.63, 3.8) is 0 Å². The first-order chi connectivity index (χ1) is 10.2. The van der Waals surface area contributed by atoms with E-state index >= 15 is 0 Å². The molecule has 0 spiro atoms. The van der Waals surface area contributed by atoms with Crippen molar-refractivity contribution in [2.24, 2.45) is 11.8 Å². The normalized spacial score (nSPS) is 25.2. The van der Waals surface area contributed by atoms with E-state index in [0.29, 0.717) is 23.5 Å². The van der Waals surface area contributed by atoms with Crippen LogP contribution >= 0.6 is 0 Å². The number of carbonyl (C=O) groups is 1. The molecule has 0 radical (unpaired) electrons. The number of anilines is 1. The van der Waals surface area contributed by atoms with Gasteiger partial charge in [-0.3, -0.25) is 14.9 Å². The molecule has 1 aliphatic carbocycles. The maximum Gasteiger partial charge on any atom is 0.293 e. The summed E-state index contributed by atoms with van der Waals surface area (Å²) in [5.74, 6) is 1.46. The van der Waals surface area contributed by atoms with Crippen molar-refractivity contribution in [2.45, 2.75) is 32.1 Å². The van der Waals surface area contributed by atoms with E-state index in [1.807, 2.05) is 0 Å². The number of nitro groups is 1. The number of rotatable bonds is 3. The number of nitro benzene ring substituents is 1. The van der Waals surface area contributed by atoms with Gasteiger partial charge in [-0.2, -0.15) is 0 Å². The van der Waals surface area contributed by atoms with Crippen molar-refractivity contribution in [2.75, 3.05) is 18.0 Å². The molecule has 5 heteroatoms. The minimum Gasteiger partial charge on any atom is -0.366 e. The third kappa shape index (κ3) is 2.77. The van der Waals surface area contributed by atoms with Crippen LogP contribution in [-0.2, 0) is 0 Å². The molecule has 1 saturated carbocycles. The molecule has 5 nitrogen and oxygen atoms in total. The fourth-order valence-electron chi connectivity index (χ4n) is 3.85. The van der Waals surface area contributed by atoms with Crippen LogP contribution in [0.4, 0.5) is 11.4 Å². The lowest BCUT2D eigenvalue weighted by Gasteiger charge is -2.42. The highest BCUT2D eigenvalue weighted by atomic mass is 16.6. The quantitative estimate of drug-likeness (QED) is 0.485. The van der Waals surface area contributed by atoms with Crippen molar-refractivity contribution in [3.8, 4) is 0 Å². The fraction of sp³-hybridized carbons (Fsp3) is 0.562. The molecule has 112 valence electrons. The van der Waals surface area contributed by atoms with Crippen LogP contribution in [0.25, 0.3) is 0 Å². The largest absolute Gasteiger partial charge is 0.366 e. The van der Waals surface area contributed by atoms with Crippen LogP contribution in [0.15, 0.2) is 18.2 Å². The molecule has 2 aliphatic rings. The van der Waals surface area contributed by atoms with Crippen LogP contribution in [0.3, 0.4) is 0 Å². The summed E-state index contributed by atoms with van der Waals surface area (Å²) in [6.07, 6.45) is 6.93. The molecular formula is C16H20N2O3. The standard InChI is InChI=1S/C16H20N2O3/c19-11-12-5-6-15(16(9-12)18(20)21)17-8-7-13-3-1-2-4-14(13)10-17/h5-6,9,11,13-14H,1-4,7-8,10H2/t13-,14+/m0/s1. The van der Waals surface area contributed by atoms with Gasteiger partial charge in [-0.1, -0.05) is 19.3 Å². The van der Waals surface area contributed by atoms with Crippen molar-refractivity contribution < 1.29 is 9.72 Å². The Morgan fingerprint density at radius 1 is 1.19 bits per heavy atom. The zero-order valence-electron chi connectivity index (χ0n) is 12.0. The Balaban J connectivity index is 1.86. The Labute approximate surface area is 124 Å². The highest BCUT2D eigenvalue weighted by molar-refractivity contribution is 5.79. The molecule has 1 aliphatic heterocycles. The van der Waals surface area contributed by atoms with Gasteiger partial charge in [0.25, 0.3) is 5.69 Å². The molecule has 2 atom stereocenters. The summed E-state index contributed by atoms with van der Waals surface area (Å²) in [6, 6.07) is 4.78. The lowest BCUT2D eigenvalue weighted by molar-refractivity contribution is -0.384. The smallest absolute Gasteiger partial charge is 0.293 e. The van der Waals surface area contributed by atoms with Crippen LogP contribution in [-0.4, -0.2) is 24.3 Å². The zero-order valence-corrected chi connectivity index (χ0v) is 12.0. The molecule has 21 heavy (non-hydrogen) atoms. The maximum absolute atomic E-state index is 11.3. The average Bonchev–Trinajstić information content (AvgIpc) is 2.53. The van der Waals surface area contributed by atoms with Crippen LogP contribution in [0, 0.1) is 22.0 Å². The van der Waals surface area contributed by atoms with Gasteiger partial charge in [0.15, 0.2) is 0 Å². The van der Waals surface area contributed by atoms with Gasteiger partial charge in [-0.05, 0) is 36.8 Å². The number of aldehydes is 1. The Hall–Kier alpha value is -1.91. The van der Waals surface area contributed by atoms with Gasteiger partial charge in [0.05, 0.1) is 4.92 Å². The maximum atomic E-state index is 11.3. The second kappa shape index (κ2) is 5.84. The van der Waals surface area contributed by atoms with Gasteiger partial charge in [-0.15, -0.1) is 0 Å². The SMILES string of the molecule is O=Cc1ccc(N2CC[C@@H]3CCCC[C@@H]3C2)c([N+](=O)[O-])c1. The fourth-order valence-corrected chi connectivity index (χ4v) is 3.85. The zero-order chi connectivity index (χ0) is 14.8. The number of piperidine rings is 1. The summed E-state index contributed by atoms with van der Waals surface area (Å²) in [5.41, 5.74) is 1.07. The number of hydrogen-bond donors (Lipinski definition) is 0. The van der Waals surface area contributed by atoms with E-state index in [-0.39, 0.29) is 10.6 Å². The first-order valence-corrected chi connectivity index (χ1v) is 7.67. The van der Waals surface area contributed by atoms with E-state index in [1.54, 1.807) is 12.1 Å². The van der Waals surface area contributed by atoms with Crippen LogP contribution < -0.4 is 4.90 Å². The van der Waals surface area contributed by atoms with Gasteiger partial charge < -0.3 is 4.90 Å². The molecule has 1 aromatic rings. The van der Waals surface area contributed by atoms with Gasteiger partial charge >= 0.3 is 0 Å². The Morgan fingerprint density at radius 3 is 2.67 bits per heavy atom. The molecule has 2 fully saturated rings. The number of benzene rings is 1. The molecule has 0 unspecified atom stereocenters. The molecule has 0 N–H and O–H groups in total. The lowest BCUT2D eigenvalue weighted by atomic mass is 9.75. The first kappa shape index (κ1) is 14.0. The molecular weight excluding hydrogens is 268 g/mol. The van der Waals surface area contributed by atoms with Gasteiger partial charge in [-0.25, -0.2) is 0 Å². The molecule has 1 aromatic carbocycles. The van der Waals surface area contributed by atoms with Crippen molar-refractivity contribution in [3.05, 3.63) is 33.9 Å². The number of hydrogen-bond acceptors (Lipinski definition) is 4. The molecule has 0 bridgehead atoms. The van der Waals surface area contributed by atoms with E-state index in [4.69, 9.17) is 0 Å². The molecule has 1 heterocycles. The summed E-state index contributed by atoms with van der Waals surface area (Å²) in [4.78, 5) is 23.9. The van der Waals surface area contributed by atoms with Crippen molar-refractivity contribution in [1.29, 1.82) is 0 Å². The van der Waals surface area contributed by atoms with Crippen molar-refractivity contribution in [1.82, 2.24) is 0 Å². The van der Waals surface area contributed by atoms with E-state index in [0.717, 1.165) is 25.4 Å². The second-order valence-corrected chi connectivity index (χ2v) is 6.16. The Morgan fingerprint density at radius 2 is 1.95 bits per heavy atom. The highest BCUT2D eigenvalue weighted by Crippen LogP contribution is 2.39. The summed E-state index contributed by atoms with van der Waals surface area (Å²) < 4.78 is 0. The third-order valence-electron chi connectivity index (χ3n) is 4.96. The van der Waals surface area contributed by atoms with Crippen LogP contribution in [0.5, 0.6) is 0 Å². The van der Waals surface area contributed by atoms with Gasteiger partial charge in [0.1, 0.15) is 12.0 Å². The summed E-state index contributed by atoms with van der Waals surface area (Å²) in [7, 11) is 0. The Bertz CT molecular complexity index is 558.